The zero-order valence-electron chi connectivity index (χ0n) is 13.2. The van der Waals surface area contributed by atoms with Gasteiger partial charge in [0.05, 0.1) is 23.6 Å². The van der Waals surface area contributed by atoms with Crippen LogP contribution in [-0.2, 0) is 0 Å². The van der Waals surface area contributed by atoms with Gasteiger partial charge in [0.25, 0.3) is 0 Å². The predicted octanol–water partition coefficient (Wildman–Crippen LogP) is 1.92. The van der Waals surface area contributed by atoms with Gasteiger partial charge >= 0.3 is 0 Å². The highest BCUT2D eigenvalue weighted by molar-refractivity contribution is 5.68. The van der Waals surface area contributed by atoms with Gasteiger partial charge in [-0.3, -0.25) is 0 Å². The maximum Gasteiger partial charge on any atom is 0.167 e. The van der Waals surface area contributed by atoms with Crippen molar-refractivity contribution >= 4 is 11.4 Å². The molecule has 5 nitrogen and oxygen atoms in total. The first-order valence-corrected chi connectivity index (χ1v) is 7.08. The van der Waals surface area contributed by atoms with Crippen LogP contribution in [0.2, 0.25) is 0 Å². The maximum absolute atomic E-state index is 13.7. The van der Waals surface area contributed by atoms with Gasteiger partial charge in [-0.15, -0.1) is 0 Å². The number of rotatable bonds is 8. The number of likely N-dealkylation sites (N-methyl/N-ethyl adjacent to an activating group) is 1. The third-order valence-corrected chi connectivity index (χ3v) is 2.88. The van der Waals surface area contributed by atoms with E-state index in [0.29, 0.717) is 25.4 Å². The zero-order chi connectivity index (χ0) is 16.0. The van der Waals surface area contributed by atoms with Crippen molar-refractivity contribution in [2.24, 2.45) is 0 Å². The molecule has 1 atom stereocenters. The Morgan fingerprint density at radius 3 is 2.67 bits per heavy atom. The monoisotopic (exact) mass is 299 g/mol. The highest BCUT2D eigenvalue weighted by Gasteiger charge is 2.21. The van der Waals surface area contributed by atoms with Crippen LogP contribution in [0.1, 0.15) is 20.3 Å². The second kappa shape index (κ2) is 7.47. The van der Waals surface area contributed by atoms with Gasteiger partial charge in [-0.05, 0) is 27.4 Å². The summed E-state index contributed by atoms with van der Waals surface area (Å²) >= 11 is 0. The van der Waals surface area contributed by atoms with Crippen molar-refractivity contribution in [3.05, 3.63) is 17.9 Å². The topological polar surface area (TPSA) is 70.8 Å². The van der Waals surface area contributed by atoms with Crippen molar-refractivity contribution < 1.29 is 14.2 Å². The summed E-state index contributed by atoms with van der Waals surface area (Å²) in [5.74, 6) is -0.313. The summed E-state index contributed by atoms with van der Waals surface area (Å²) in [5, 5.41) is 13.3. The molecule has 0 saturated carbocycles. The molecule has 0 aromatic heterocycles. The molecule has 4 N–H and O–H groups in total. The van der Waals surface area contributed by atoms with E-state index in [1.54, 1.807) is 6.92 Å². The number of ether oxygens (including phenoxy) is 1. The lowest BCUT2D eigenvalue weighted by Crippen LogP contribution is -2.43. The van der Waals surface area contributed by atoms with E-state index in [1.807, 2.05) is 25.9 Å². The lowest BCUT2D eigenvalue weighted by atomic mass is 10.1. The molecule has 0 aliphatic carbocycles. The Balaban J connectivity index is 2.78. The second-order valence-electron chi connectivity index (χ2n) is 5.81. The SMILES string of the molecule is CCCOc1cc(NCC(C)(O)CN(C)C)c(N)cc1F. The van der Waals surface area contributed by atoms with Gasteiger partial charge < -0.3 is 25.8 Å². The third-order valence-electron chi connectivity index (χ3n) is 2.88. The molecular formula is C15H26FN3O2. The second-order valence-corrected chi connectivity index (χ2v) is 5.81. The Morgan fingerprint density at radius 1 is 1.43 bits per heavy atom. The molecule has 6 heteroatoms. The Bertz CT molecular complexity index is 464. The molecule has 1 aromatic carbocycles. The van der Waals surface area contributed by atoms with Gasteiger partial charge in [-0.1, -0.05) is 6.92 Å². The van der Waals surface area contributed by atoms with E-state index in [1.165, 1.54) is 12.1 Å². The number of hydrogen-bond donors (Lipinski definition) is 3. The molecule has 0 bridgehead atoms. The molecule has 0 amide bonds. The zero-order valence-corrected chi connectivity index (χ0v) is 13.2. The number of nitrogens with zero attached hydrogens (tertiary/aromatic N) is 1. The quantitative estimate of drug-likeness (QED) is 0.640. The molecule has 0 aliphatic heterocycles. The lowest BCUT2D eigenvalue weighted by molar-refractivity contribution is 0.0460. The van der Waals surface area contributed by atoms with Crippen LogP contribution in [0.25, 0.3) is 0 Å². The van der Waals surface area contributed by atoms with Crippen LogP contribution >= 0.6 is 0 Å². The summed E-state index contributed by atoms with van der Waals surface area (Å²) in [6.07, 6.45) is 0.796. The molecule has 1 aromatic rings. The highest BCUT2D eigenvalue weighted by atomic mass is 19.1. The van der Waals surface area contributed by atoms with Crippen LogP contribution in [0.15, 0.2) is 12.1 Å². The first-order valence-electron chi connectivity index (χ1n) is 7.08. The molecule has 0 saturated heterocycles. The average Bonchev–Trinajstić information content (AvgIpc) is 2.35. The van der Waals surface area contributed by atoms with Crippen LogP contribution < -0.4 is 15.8 Å². The van der Waals surface area contributed by atoms with Crippen molar-refractivity contribution in [1.82, 2.24) is 4.90 Å². The van der Waals surface area contributed by atoms with Crippen molar-refractivity contribution in [2.45, 2.75) is 25.9 Å². The fourth-order valence-corrected chi connectivity index (χ4v) is 2.07. The summed E-state index contributed by atoms with van der Waals surface area (Å²) in [4.78, 5) is 1.89. The largest absolute Gasteiger partial charge is 0.490 e. The van der Waals surface area contributed by atoms with Crippen LogP contribution in [0.5, 0.6) is 5.75 Å². The number of benzene rings is 1. The fourth-order valence-electron chi connectivity index (χ4n) is 2.07. The Kier molecular flexibility index (Phi) is 6.23. The summed E-state index contributed by atoms with van der Waals surface area (Å²) in [6, 6.07) is 2.76. The summed E-state index contributed by atoms with van der Waals surface area (Å²) in [5.41, 5.74) is 5.72. The first kappa shape index (κ1) is 17.5. The Labute approximate surface area is 125 Å². The van der Waals surface area contributed by atoms with Gasteiger partial charge in [-0.25, -0.2) is 4.39 Å². The normalized spacial score (nSPS) is 14.0. The minimum Gasteiger partial charge on any atom is -0.490 e. The average molecular weight is 299 g/mol. The molecule has 0 fully saturated rings. The summed E-state index contributed by atoms with van der Waals surface area (Å²) < 4.78 is 19.0. The number of hydrogen-bond acceptors (Lipinski definition) is 5. The third kappa shape index (κ3) is 5.77. The number of halogens is 1. The molecule has 120 valence electrons. The van der Waals surface area contributed by atoms with Gasteiger partial charge in [-0.2, -0.15) is 0 Å². The number of nitrogens with two attached hydrogens (primary N) is 1. The summed E-state index contributed by atoms with van der Waals surface area (Å²) in [7, 11) is 3.77. The van der Waals surface area contributed by atoms with E-state index >= 15 is 0 Å². The Morgan fingerprint density at radius 2 is 2.10 bits per heavy atom. The van der Waals surface area contributed by atoms with Crippen LogP contribution in [0, 0.1) is 5.82 Å². The molecule has 0 radical (unpaired) electrons. The van der Waals surface area contributed by atoms with Crippen LogP contribution in [0.3, 0.4) is 0 Å². The van der Waals surface area contributed by atoms with E-state index < -0.39 is 11.4 Å². The Hall–Kier alpha value is -1.53. The molecule has 1 unspecified atom stereocenters. The highest BCUT2D eigenvalue weighted by Crippen LogP contribution is 2.28. The molecule has 1 rings (SSSR count). The van der Waals surface area contributed by atoms with Crippen LogP contribution in [-0.4, -0.2) is 49.4 Å². The smallest absolute Gasteiger partial charge is 0.167 e. The van der Waals surface area contributed by atoms with E-state index in [2.05, 4.69) is 5.32 Å². The van der Waals surface area contributed by atoms with Gasteiger partial charge in [0.15, 0.2) is 11.6 Å². The number of nitrogen functional groups attached to an aromatic ring is 1. The van der Waals surface area contributed by atoms with E-state index in [-0.39, 0.29) is 11.4 Å². The van der Waals surface area contributed by atoms with E-state index in [9.17, 15) is 9.50 Å². The van der Waals surface area contributed by atoms with Gasteiger partial charge in [0, 0.05) is 25.2 Å². The van der Waals surface area contributed by atoms with Gasteiger partial charge in [0.2, 0.25) is 0 Å². The minimum atomic E-state index is -0.922. The van der Waals surface area contributed by atoms with E-state index in [0.717, 1.165) is 6.42 Å². The number of nitrogens with one attached hydrogen (secondary N) is 1. The molecular weight excluding hydrogens is 273 g/mol. The van der Waals surface area contributed by atoms with Crippen LogP contribution in [0.4, 0.5) is 15.8 Å². The minimum absolute atomic E-state index is 0.167. The summed E-state index contributed by atoms with van der Waals surface area (Å²) in [6.45, 7) is 4.92. The number of aliphatic hydroxyl groups is 1. The van der Waals surface area contributed by atoms with Crippen molar-refractivity contribution in [3.8, 4) is 5.75 Å². The van der Waals surface area contributed by atoms with Gasteiger partial charge in [0.1, 0.15) is 0 Å². The molecule has 0 aliphatic rings. The predicted molar refractivity (Wildman–Crippen MR) is 84.3 cm³/mol. The molecule has 0 spiro atoms. The van der Waals surface area contributed by atoms with Crippen molar-refractivity contribution in [3.63, 3.8) is 0 Å². The lowest BCUT2D eigenvalue weighted by Gasteiger charge is -2.28. The fraction of sp³-hybridized carbons (Fsp3) is 0.600. The number of anilines is 2. The van der Waals surface area contributed by atoms with E-state index in [4.69, 9.17) is 10.5 Å². The first-order chi connectivity index (χ1) is 9.75. The molecule has 0 heterocycles. The van der Waals surface area contributed by atoms with Crippen molar-refractivity contribution in [2.75, 3.05) is 44.8 Å². The molecule has 21 heavy (non-hydrogen) atoms. The maximum atomic E-state index is 13.7. The standard InChI is InChI=1S/C15H26FN3O2/c1-5-6-21-14-8-13(12(17)7-11(14)16)18-9-15(2,20)10-19(3)4/h7-8,18,20H,5-6,9-10,17H2,1-4H3. The van der Waals surface area contributed by atoms with Crippen molar-refractivity contribution in [1.29, 1.82) is 0 Å².